The standard InChI is InChI=1S/C22H25NO4/c1-4-23(5-2)22(25)16-27-19-13-10-17(11-14-19)20(24)15-12-18-8-6-7-9-21(18)26-3/h6-15H,4-5,16H2,1-3H3/b15-12+. The molecule has 0 heterocycles. The summed E-state index contributed by atoms with van der Waals surface area (Å²) >= 11 is 0. The number of hydrogen-bond acceptors (Lipinski definition) is 4. The predicted octanol–water partition coefficient (Wildman–Crippen LogP) is 3.84. The summed E-state index contributed by atoms with van der Waals surface area (Å²) in [5, 5.41) is 0. The minimum absolute atomic E-state index is 0.0112. The minimum atomic E-state index is -0.119. The van der Waals surface area contributed by atoms with Gasteiger partial charge < -0.3 is 14.4 Å². The van der Waals surface area contributed by atoms with Crippen molar-refractivity contribution in [3.63, 3.8) is 0 Å². The third-order valence-corrected chi connectivity index (χ3v) is 4.17. The first-order chi connectivity index (χ1) is 13.1. The van der Waals surface area contributed by atoms with Crippen molar-refractivity contribution in [3.8, 4) is 11.5 Å². The smallest absolute Gasteiger partial charge is 0.260 e. The molecule has 0 radical (unpaired) electrons. The highest BCUT2D eigenvalue weighted by Gasteiger charge is 2.10. The fourth-order valence-corrected chi connectivity index (χ4v) is 2.59. The molecule has 0 fully saturated rings. The third kappa shape index (κ3) is 5.71. The summed E-state index contributed by atoms with van der Waals surface area (Å²) in [6.07, 6.45) is 3.24. The molecule has 27 heavy (non-hydrogen) atoms. The Bertz CT molecular complexity index is 792. The zero-order chi connectivity index (χ0) is 19.6. The van der Waals surface area contributed by atoms with Gasteiger partial charge in [-0.05, 0) is 56.3 Å². The lowest BCUT2D eigenvalue weighted by atomic mass is 10.1. The highest BCUT2D eigenvalue weighted by Crippen LogP contribution is 2.19. The molecule has 0 aliphatic heterocycles. The molecule has 2 aromatic carbocycles. The second kappa shape index (κ2) is 10.2. The number of para-hydroxylation sites is 1. The lowest BCUT2D eigenvalue weighted by Gasteiger charge is -2.18. The van der Waals surface area contributed by atoms with E-state index in [4.69, 9.17) is 9.47 Å². The fourth-order valence-electron chi connectivity index (χ4n) is 2.59. The lowest BCUT2D eigenvalue weighted by molar-refractivity contribution is -0.132. The summed E-state index contributed by atoms with van der Waals surface area (Å²) in [5.74, 6) is 1.09. The van der Waals surface area contributed by atoms with E-state index >= 15 is 0 Å². The molecule has 0 N–H and O–H groups in total. The van der Waals surface area contributed by atoms with Crippen LogP contribution >= 0.6 is 0 Å². The number of hydrogen-bond donors (Lipinski definition) is 0. The molecule has 0 aliphatic rings. The van der Waals surface area contributed by atoms with Crippen LogP contribution in [0.1, 0.15) is 29.8 Å². The quantitative estimate of drug-likeness (QED) is 0.499. The number of ether oxygens (including phenoxy) is 2. The Labute approximate surface area is 160 Å². The van der Waals surface area contributed by atoms with Crippen LogP contribution in [-0.2, 0) is 4.79 Å². The summed E-state index contributed by atoms with van der Waals surface area (Å²) in [6.45, 7) is 5.17. The van der Waals surface area contributed by atoms with Gasteiger partial charge in [-0.1, -0.05) is 18.2 Å². The van der Waals surface area contributed by atoms with E-state index in [1.807, 2.05) is 38.1 Å². The summed E-state index contributed by atoms with van der Waals surface area (Å²) in [4.78, 5) is 26.0. The highest BCUT2D eigenvalue weighted by molar-refractivity contribution is 6.07. The van der Waals surface area contributed by atoms with Crippen LogP contribution in [-0.4, -0.2) is 43.4 Å². The van der Waals surface area contributed by atoms with Gasteiger partial charge >= 0.3 is 0 Å². The Morgan fingerprint density at radius 3 is 2.30 bits per heavy atom. The Morgan fingerprint density at radius 2 is 1.67 bits per heavy atom. The normalized spacial score (nSPS) is 10.6. The molecule has 142 valence electrons. The van der Waals surface area contributed by atoms with Crippen LogP contribution in [0.4, 0.5) is 0 Å². The number of likely N-dealkylation sites (N-methyl/N-ethyl adjacent to an activating group) is 1. The number of ketones is 1. The van der Waals surface area contributed by atoms with Gasteiger partial charge in [0, 0.05) is 24.2 Å². The van der Waals surface area contributed by atoms with Gasteiger partial charge in [0.25, 0.3) is 5.91 Å². The Morgan fingerprint density at radius 1 is 1.00 bits per heavy atom. The Hall–Kier alpha value is -3.08. The van der Waals surface area contributed by atoms with Crippen molar-refractivity contribution in [2.45, 2.75) is 13.8 Å². The Kier molecular flexibility index (Phi) is 7.62. The average Bonchev–Trinajstić information content (AvgIpc) is 2.72. The van der Waals surface area contributed by atoms with Gasteiger partial charge in [0.15, 0.2) is 12.4 Å². The van der Waals surface area contributed by atoms with Crippen molar-refractivity contribution in [1.29, 1.82) is 0 Å². The van der Waals surface area contributed by atoms with E-state index in [0.717, 1.165) is 5.56 Å². The highest BCUT2D eigenvalue weighted by atomic mass is 16.5. The molecule has 0 aromatic heterocycles. The van der Waals surface area contributed by atoms with Gasteiger partial charge in [-0.15, -0.1) is 0 Å². The van der Waals surface area contributed by atoms with Crippen molar-refractivity contribution in [3.05, 3.63) is 65.7 Å². The van der Waals surface area contributed by atoms with E-state index in [-0.39, 0.29) is 18.3 Å². The third-order valence-electron chi connectivity index (χ3n) is 4.17. The van der Waals surface area contributed by atoms with Crippen molar-refractivity contribution in [2.75, 3.05) is 26.8 Å². The molecule has 0 bridgehead atoms. The summed E-state index contributed by atoms with van der Waals surface area (Å²) in [6, 6.07) is 14.2. The van der Waals surface area contributed by atoms with Gasteiger partial charge in [-0.3, -0.25) is 9.59 Å². The molecule has 1 amide bonds. The van der Waals surface area contributed by atoms with E-state index in [1.54, 1.807) is 42.4 Å². The molecule has 2 rings (SSSR count). The second-order valence-corrected chi connectivity index (χ2v) is 5.82. The predicted molar refractivity (Wildman–Crippen MR) is 106 cm³/mol. The average molecular weight is 367 g/mol. The molecule has 0 saturated carbocycles. The molecule has 0 atom stereocenters. The number of carbonyl (C=O) groups is 2. The number of methoxy groups -OCH3 is 1. The first-order valence-corrected chi connectivity index (χ1v) is 8.95. The number of benzene rings is 2. The van der Waals surface area contributed by atoms with E-state index in [2.05, 4.69) is 0 Å². The topological polar surface area (TPSA) is 55.8 Å². The van der Waals surface area contributed by atoms with Crippen molar-refractivity contribution < 1.29 is 19.1 Å². The first-order valence-electron chi connectivity index (χ1n) is 8.95. The van der Waals surface area contributed by atoms with Gasteiger partial charge in [-0.25, -0.2) is 0 Å². The van der Waals surface area contributed by atoms with E-state index in [9.17, 15) is 9.59 Å². The van der Waals surface area contributed by atoms with E-state index in [0.29, 0.717) is 30.2 Å². The van der Waals surface area contributed by atoms with Crippen molar-refractivity contribution >= 4 is 17.8 Å². The largest absolute Gasteiger partial charge is 0.496 e. The number of nitrogens with zero attached hydrogens (tertiary/aromatic N) is 1. The van der Waals surface area contributed by atoms with Gasteiger partial charge in [0.2, 0.25) is 0 Å². The summed E-state index contributed by atoms with van der Waals surface area (Å²) < 4.78 is 10.8. The van der Waals surface area contributed by atoms with Crippen LogP contribution in [0.3, 0.4) is 0 Å². The Balaban J connectivity index is 1.97. The van der Waals surface area contributed by atoms with Crippen LogP contribution in [0.15, 0.2) is 54.6 Å². The van der Waals surface area contributed by atoms with E-state index < -0.39 is 0 Å². The molecular formula is C22H25NO4. The molecule has 0 unspecified atom stereocenters. The number of allylic oxidation sites excluding steroid dienone is 1. The SMILES string of the molecule is CCN(CC)C(=O)COc1ccc(C(=O)/C=C/c2ccccc2OC)cc1. The maximum atomic E-state index is 12.3. The van der Waals surface area contributed by atoms with Crippen LogP contribution in [0.2, 0.25) is 0 Å². The maximum Gasteiger partial charge on any atom is 0.260 e. The van der Waals surface area contributed by atoms with Crippen molar-refractivity contribution in [2.24, 2.45) is 0 Å². The van der Waals surface area contributed by atoms with Crippen LogP contribution in [0.5, 0.6) is 11.5 Å². The first kappa shape index (κ1) is 20.2. The number of amides is 1. The second-order valence-electron chi connectivity index (χ2n) is 5.82. The lowest BCUT2D eigenvalue weighted by Crippen LogP contribution is -2.34. The molecule has 2 aromatic rings. The monoisotopic (exact) mass is 367 g/mol. The number of rotatable bonds is 9. The minimum Gasteiger partial charge on any atom is -0.496 e. The van der Waals surface area contributed by atoms with Crippen molar-refractivity contribution in [1.82, 2.24) is 4.90 Å². The summed E-state index contributed by atoms with van der Waals surface area (Å²) in [7, 11) is 1.60. The van der Waals surface area contributed by atoms with Crippen LogP contribution in [0, 0.1) is 0 Å². The van der Waals surface area contributed by atoms with Gasteiger partial charge in [0.1, 0.15) is 11.5 Å². The zero-order valence-electron chi connectivity index (χ0n) is 16.0. The molecular weight excluding hydrogens is 342 g/mol. The summed E-state index contributed by atoms with van der Waals surface area (Å²) in [5.41, 5.74) is 1.38. The van der Waals surface area contributed by atoms with Crippen LogP contribution < -0.4 is 9.47 Å². The zero-order valence-corrected chi connectivity index (χ0v) is 16.0. The fraction of sp³-hybridized carbons (Fsp3) is 0.273. The molecule has 5 heteroatoms. The molecule has 0 aliphatic carbocycles. The van der Waals surface area contributed by atoms with Gasteiger partial charge in [-0.2, -0.15) is 0 Å². The number of carbonyl (C=O) groups excluding carboxylic acids is 2. The molecule has 5 nitrogen and oxygen atoms in total. The van der Waals surface area contributed by atoms with E-state index in [1.165, 1.54) is 6.08 Å². The van der Waals surface area contributed by atoms with Crippen LogP contribution in [0.25, 0.3) is 6.08 Å². The molecule has 0 spiro atoms. The molecule has 0 saturated heterocycles. The maximum absolute atomic E-state index is 12.3. The van der Waals surface area contributed by atoms with Gasteiger partial charge in [0.05, 0.1) is 7.11 Å².